The molecule has 0 aliphatic rings. The van der Waals surface area contributed by atoms with Crippen molar-refractivity contribution in [2.45, 2.75) is 27.3 Å². The second kappa shape index (κ2) is 8.63. The Labute approximate surface area is 178 Å². The number of amides is 2. The van der Waals surface area contributed by atoms with Gasteiger partial charge in [-0.05, 0) is 56.2 Å². The molecule has 0 atom stereocenters. The molecule has 3 aromatic rings. The Kier molecular flexibility index (Phi) is 6.20. The molecular formula is C20H19Cl2N5O2. The van der Waals surface area contributed by atoms with Crippen molar-refractivity contribution in [2.24, 2.45) is 0 Å². The summed E-state index contributed by atoms with van der Waals surface area (Å²) >= 11 is 11.9. The van der Waals surface area contributed by atoms with E-state index in [2.05, 4.69) is 20.9 Å². The van der Waals surface area contributed by atoms with Gasteiger partial charge in [-0.2, -0.15) is 0 Å². The average molecular weight is 432 g/mol. The molecule has 0 aliphatic carbocycles. The van der Waals surface area contributed by atoms with Gasteiger partial charge < -0.3 is 10.6 Å². The third-order valence-electron chi connectivity index (χ3n) is 4.28. The second-order valence-corrected chi connectivity index (χ2v) is 7.53. The van der Waals surface area contributed by atoms with Gasteiger partial charge in [-0.3, -0.25) is 9.59 Å². The van der Waals surface area contributed by atoms with Crippen LogP contribution in [0, 0.1) is 20.8 Å². The van der Waals surface area contributed by atoms with Gasteiger partial charge in [0.2, 0.25) is 5.91 Å². The Hall–Kier alpha value is -2.90. The first kappa shape index (κ1) is 20.8. The average Bonchev–Trinajstić information content (AvgIpc) is 2.98. The number of rotatable bonds is 5. The van der Waals surface area contributed by atoms with Crippen LogP contribution < -0.4 is 10.6 Å². The van der Waals surface area contributed by atoms with E-state index in [1.807, 2.05) is 32.0 Å². The molecule has 0 unspecified atom stereocenters. The van der Waals surface area contributed by atoms with E-state index in [9.17, 15) is 9.59 Å². The third-order valence-corrected chi connectivity index (χ3v) is 4.72. The summed E-state index contributed by atoms with van der Waals surface area (Å²) in [4.78, 5) is 24.9. The molecule has 0 radical (unpaired) electrons. The number of anilines is 2. The summed E-state index contributed by atoms with van der Waals surface area (Å²) < 4.78 is 1.38. The smallest absolute Gasteiger partial charge is 0.278 e. The van der Waals surface area contributed by atoms with Gasteiger partial charge in [0.1, 0.15) is 6.54 Å². The first-order valence-corrected chi connectivity index (χ1v) is 9.53. The van der Waals surface area contributed by atoms with Crippen LogP contribution in [0.1, 0.15) is 27.3 Å². The topological polar surface area (TPSA) is 88.9 Å². The maximum atomic E-state index is 12.5. The minimum absolute atomic E-state index is 0.0670. The van der Waals surface area contributed by atoms with Crippen molar-refractivity contribution < 1.29 is 9.59 Å². The summed E-state index contributed by atoms with van der Waals surface area (Å²) in [6, 6.07) is 10.5. The van der Waals surface area contributed by atoms with E-state index in [1.54, 1.807) is 25.1 Å². The van der Waals surface area contributed by atoms with E-state index < -0.39 is 5.91 Å². The molecule has 0 bridgehead atoms. The molecule has 0 saturated carbocycles. The lowest BCUT2D eigenvalue weighted by molar-refractivity contribution is -0.117. The van der Waals surface area contributed by atoms with Gasteiger partial charge >= 0.3 is 0 Å². The summed E-state index contributed by atoms with van der Waals surface area (Å²) in [5.41, 5.74) is 3.76. The minimum atomic E-state index is -0.470. The predicted octanol–water partition coefficient (Wildman–Crippen LogP) is 4.40. The summed E-state index contributed by atoms with van der Waals surface area (Å²) in [5, 5.41) is 14.2. The number of nitrogens with one attached hydrogen (secondary N) is 2. The van der Waals surface area contributed by atoms with Gasteiger partial charge in [0.25, 0.3) is 5.91 Å². The number of carbonyl (C=O) groups is 2. The summed E-state index contributed by atoms with van der Waals surface area (Å²) in [6.45, 7) is 5.47. The van der Waals surface area contributed by atoms with Crippen molar-refractivity contribution in [3.05, 3.63) is 69.0 Å². The molecule has 0 fully saturated rings. The monoisotopic (exact) mass is 431 g/mol. The van der Waals surface area contributed by atoms with Gasteiger partial charge in [0.05, 0.1) is 5.69 Å². The Balaban J connectivity index is 1.70. The fourth-order valence-electron chi connectivity index (χ4n) is 2.73. The van der Waals surface area contributed by atoms with Crippen LogP contribution in [-0.2, 0) is 11.3 Å². The highest BCUT2D eigenvalue weighted by Gasteiger charge is 2.18. The third kappa shape index (κ3) is 5.13. The molecule has 1 aromatic heterocycles. The van der Waals surface area contributed by atoms with Crippen LogP contribution in [0.15, 0.2) is 36.4 Å². The van der Waals surface area contributed by atoms with Crippen LogP contribution in [0.3, 0.4) is 0 Å². The molecule has 1 heterocycles. The Morgan fingerprint density at radius 1 is 1.00 bits per heavy atom. The van der Waals surface area contributed by atoms with Crippen molar-refractivity contribution in [2.75, 3.05) is 10.6 Å². The first-order valence-electron chi connectivity index (χ1n) is 8.77. The highest BCUT2D eigenvalue weighted by Crippen LogP contribution is 2.23. The number of hydrogen-bond donors (Lipinski definition) is 2. The maximum Gasteiger partial charge on any atom is 0.278 e. The van der Waals surface area contributed by atoms with E-state index in [1.165, 1.54) is 4.68 Å². The Morgan fingerprint density at radius 3 is 2.38 bits per heavy atom. The normalized spacial score (nSPS) is 10.7. The van der Waals surface area contributed by atoms with Gasteiger partial charge in [-0.1, -0.05) is 40.5 Å². The Morgan fingerprint density at radius 2 is 1.69 bits per heavy atom. The highest BCUT2D eigenvalue weighted by molar-refractivity contribution is 6.35. The number of hydrogen-bond acceptors (Lipinski definition) is 4. The molecule has 0 saturated heterocycles. The SMILES string of the molecule is Cc1ccc(C)c(NC(=O)Cn2nnc(C(=O)Nc3cc(Cl)cc(Cl)c3)c2C)c1. The molecule has 2 amide bonds. The van der Waals surface area contributed by atoms with Crippen molar-refractivity contribution in [1.82, 2.24) is 15.0 Å². The molecule has 7 nitrogen and oxygen atoms in total. The van der Waals surface area contributed by atoms with Crippen LogP contribution in [-0.4, -0.2) is 26.8 Å². The lowest BCUT2D eigenvalue weighted by Gasteiger charge is -2.10. The number of halogens is 2. The van der Waals surface area contributed by atoms with Crippen LogP contribution in [0.25, 0.3) is 0 Å². The molecule has 2 aromatic carbocycles. The molecule has 9 heteroatoms. The lowest BCUT2D eigenvalue weighted by atomic mass is 10.1. The maximum absolute atomic E-state index is 12.5. The van der Waals surface area contributed by atoms with Crippen LogP contribution in [0.2, 0.25) is 10.0 Å². The van der Waals surface area contributed by atoms with Crippen LogP contribution >= 0.6 is 23.2 Å². The molecule has 150 valence electrons. The standard InChI is InChI=1S/C20H19Cl2N5O2/c1-11-4-5-12(2)17(6-11)24-18(28)10-27-13(3)19(25-26-27)20(29)23-16-8-14(21)7-15(22)9-16/h4-9H,10H2,1-3H3,(H,23,29)(H,24,28). The van der Waals surface area contributed by atoms with E-state index in [4.69, 9.17) is 23.2 Å². The number of aromatic nitrogens is 3. The fraction of sp³-hybridized carbons (Fsp3) is 0.200. The molecular weight excluding hydrogens is 413 g/mol. The zero-order valence-electron chi connectivity index (χ0n) is 16.1. The Bertz CT molecular complexity index is 1070. The number of carbonyl (C=O) groups excluding carboxylic acids is 2. The lowest BCUT2D eigenvalue weighted by Crippen LogP contribution is -2.21. The van der Waals surface area contributed by atoms with E-state index >= 15 is 0 Å². The molecule has 3 rings (SSSR count). The minimum Gasteiger partial charge on any atom is -0.324 e. The number of nitrogens with zero attached hydrogens (tertiary/aromatic N) is 3. The quantitative estimate of drug-likeness (QED) is 0.626. The van der Waals surface area contributed by atoms with Crippen molar-refractivity contribution in [3.8, 4) is 0 Å². The van der Waals surface area contributed by atoms with Crippen molar-refractivity contribution >= 4 is 46.4 Å². The van der Waals surface area contributed by atoms with Gasteiger partial charge in [-0.15, -0.1) is 5.10 Å². The van der Waals surface area contributed by atoms with E-state index in [-0.39, 0.29) is 18.1 Å². The zero-order valence-corrected chi connectivity index (χ0v) is 17.6. The van der Waals surface area contributed by atoms with Gasteiger partial charge in [0, 0.05) is 21.4 Å². The summed E-state index contributed by atoms with van der Waals surface area (Å²) in [6.07, 6.45) is 0. The molecule has 0 aliphatic heterocycles. The summed E-state index contributed by atoms with van der Waals surface area (Å²) in [5.74, 6) is -0.734. The zero-order chi connectivity index (χ0) is 21.1. The first-order chi connectivity index (χ1) is 13.7. The summed E-state index contributed by atoms with van der Waals surface area (Å²) in [7, 11) is 0. The van der Waals surface area contributed by atoms with E-state index in [0.29, 0.717) is 21.4 Å². The molecule has 0 spiro atoms. The fourth-order valence-corrected chi connectivity index (χ4v) is 3.26. The van der Waals surface area contributed by atoms with Gasteiger partial charge in [-0.25, -0.2) is 4.68 Å². The van der Waals surface area contributed by atoms with Crippen LogP contribution in [0.5, 0.6) is 0 Å². The number of aryl methyl sites for hydroxylation is 2. The highest BCUT2D eigenvalue weighted by atomic mass is 35.5. The largest absolute Gasteiger partial charge is 0.324 e. The van der Waals surface area contributed by atoms with Gasteiger partial charge in [0.15, 0.2) is 5.69 Å². The van der Waals surface area contributed by atoms with Crippen LogP contribution in [0.4, 0.5) is 11.4 Å². The number of benzene rings is 2. The van der Waals surface area contributed by atoms with Crippen molar-refractivity contribution in [1.29, 1.82) is 0 Å². The predicted molar refractivity (Wildman–Crippen MR) is 114 cm³/mol. The molecule has 2 N–H and O–H groups in total. The molecule has 29 heavy (non-hydrogen) atoms. The second-order valence-electron chi connectivity index (χ2n) is 6.66. The van der Waals surface area contributed by atoms with E-state index in [0.717, 1.165) is 16.8 Å². The van der Waals surface area contributed by atoms with Crippen molar-refractivity contribution in [3.63, 3.8) is 0 Å².